The van der Waals surface area contributed by atoms with Gasteiger partial charge in [-0.05, 0) is 24.3 Å². The van der Waals surface area contributed by atoms with Gasteiger partial charge in [-0.3, -0.25) is 4.79 Å². The first-order chi connectivity index (χ1) is 8.60. The Kier molecular flexibility index (Phi) is 3.93. The lowest BCUT2D eigenvalue weighted by Gasteiger charge is -2.05. The zero-order valence-electron chi connectivity index (χ0n) is 8.86. The Morgan fingerprint density at radius 3 is 2.39 bits per heavy atom. The smallest absolute Gasteiger partial charge is 0.150 e. The predicted molar refractivity (Wildman–Crippen MR) is 65.1 cm³/mol. The van der Waals surface area contributed by atoms with Gasteiger partial charge in [-0.1, -0.05) is 23.4 Å². The van der Waals surface area contributed by atoms with E-state index in [0.29, 0.717) is 16.3 Å². The Hall–Kier alpha value is -1.46. The molecule has 18 heavy (non-hydrogen) atoms. The lowest BCUT2D eigenvalue weighted by Crippen LogP contribution is -1.92. The topological polar surface area (TPSA) is 30.0 Å². The zero-order chi connectivity index (χ0) is 13.1. The number of halogens is 3. The average molecular weight is 286 g/mol. The van der Waals surface area contributed by atoms with Crippen LogP contribution >= 0.6 is 23.4 Å². The third kappa shape index (κ3) is 2.86. The second-order valence-corrected chi connectivity index (χ2v) is 4.82. The van der Waals surface area contributed by atoms with Gasteiger partial charge in [0.1, 0.15) is 22.9 Å². The maximum Gasteiger partial charge on any atom is 0.150 e. The number of carbonyl (C=O) groups is 1. The molecule has 1 aromatic heterocycles. The highest BCUT2D eigenvalue weighted by molar-refractivity contribution is 7.99. The van der Waals surface area contributed by atoms with Gasteiger partial charge in [0.25, 0.3) is 0 Å². The molecule has 2 aromatic rings. The molecule has 0 unspecified atom stereocenters. The van der Waals surface area contributed by atoms with Crippen molar-refractivity contribution >= 4 is 29.6 Å². The normalized spacial score (nSPS) is 10.4. The molecule has 0 atom stereocenters. The number of pyridine rings is 1. The molecule has 0 fully saturated rings. The number of carbonyl (C=O) groups excluding carboxylic acids is 1. The summed E-state index contributed by atoms with van der Waals surface area (Å²) in [5.41, 5.74) is -0.0431. The summed E-state index contributed by atoms with van der Waals surface area (Å²) in [4.78, 5) is 14.2. The lowest BCUT2D eigenvalue weighted by atomic mass is 10.2. The minimum atomic E-state index is -0.793. The molecule has 0 aliphatic rings. The van der Waals surface area contributed by atoms with Crippen molar-refractivity contribution in [3.05, 3.63) is 52.7 Å². The second-order valence-electron chi connectivity index (χ2n) is 3.35. The van der Waals surface area contributed by atoms with Crippen LogP contribution in [0.5, 0.6) is 0 Å². The molecule has 1 aromatic carbocycles. The van der Waals surface area contributed by atoms with E-state index in [-0.39, 0.29) is 10.5 Å². The van der Waals surface area contributed by atoms with E-state index < -0.39 is 11.6 Å². The minimum Gasteiger partial charge on any atom is -0.298 e. The fourth-order valence-electron chi connectivity index (χ4n) is 1.27. The van der Waals surface area contributed by atoms with Crippen LogP contribution in [0.1, 0.15) is 10.4 Å². The van der Waals surface area contributed by atoms with Crippen LogP contribution in [0.2, 0.25) is 5.02 Å². The van der Waals surface area contributed by atoms with E-state index in [0.717, 1.165) is 23.9 Å². The van der Waals surface area contributed by atoms with Gasteiger partial charge in [-0.15, -0.1) is 0 Å². The largest absolute Gasteiger partial charge is 0.298 e. The van der Waals surface area contributed by atoms with Crippen LogP contribution in [0.15, 0.2) is 40.4 Å². The molecule has 6 heteroatoms. The molecule has 2 rings (SSSR count). The van der Waals surface area contributed by atoms with Crippen molar-refractivity contribution in [1.29, 1.82) is 0 Å². The molecule has 0 saturated heterocycles. The first-order valence-corrected chi connectivity index (χ1v) is 6.03. The molecule has 0 radical (unpaired) electrons. The van der Waals surface area contributed by atoms with Crippen molar-refractivity contribution in [2.24, 2.45) is 0 Å². The molecule has 0 saturated carbocycles. The molecule has 0 bridgehead atoms. The highest BCUT2D eigenvalue weighted by atomic mass is 35.5. The van der Waals surface area contributed by atoms with Gasteiger partial charge in [-0.25, -0.2) is 13.8 Å². The van der Waals surface area contributed by atoms with E-state index in [2.05, 4.69) is 4.98 Å². The first-order valence-electron chi connectivity index (χ1n) is 4.84. The minimum absolute atomic E-state index is 0.0431. The average Bonchev–Trinajstić information content (AvgIpc) is 2.35. The van der Waals surface area contributed by atoms with E-state index in [9.17, 15) is 13.6 Å². The van der Waals surface area contributed by atoms with Crippen LogP contribution in [0, 0.1) is 11.6 Å². The molecule has 0 aliphatic carbocycles. The van der Waals surface area contributed by atoms with Crippen molar-refractivity contribution in [1.82, 2.24) is 4.98 Å². The number of rotatable bonds is 3. The summed E-state index contributed by atoms with van der Waals surface area (Å²) in [6.07, 6.45) is 1.78. The highest BCUT2D eigenvalue weighted by Crippen LogP contribution is 2.31. The molecule has 0 spiro atoms. The summed E-state index contributed by atoms with van der Waals surface area (Å²) in [6, 6.07) is 5.09. The Morgan fingerprint density at radius 2 is 1.89 bits per heavy atom. The van der Waals surface area contributed by atoms with Crippen LogP contribution in [-0.4, -0.2) is 11.3 Å². The standard InChI is InChI=1S/C12H6ClF2NOS/c13-8-1-2-11(16-5-8)18-12-9(14)3-7(6-17)4-10(12)15/h1-6H. The molecular formula is C12H6ClF2NOS. The summed E-state index contributed by atoms with van der Waals surface area (Å²) in [7, 11) is 0. The van der Waals surface area contributed by atoms with Gasteiger partial charge >= 0.3 is 0 Å². The second kappa shape index (κ2) is 5.46. The number of nitrogens with zero attached hydrogens (tertiary/aromatic N) is 1. The highest BCUT2D eigenvalue weighted by Gasteiger charge is 2.13. The summed E-state index contributed by atoms with van der Waals surface area (Å²) in [6.45, 7) is 0. The van der Waals surface area contributed by atoms with E-state index in [1.807, 2.05) is 0 Å². The van der Waals surface area contributed by atoms with Crippen LogP contribution in [0.3, 0.4) is 0 Å². The van der Waals surface area contributed by atoms with Gasteiger partial charge in [-0.2, -0.15) is 0 Å². The van der Waals surface area contributed by atoms with E-state index >= 15 is 0 Å². The van der Waals surface area contributed by atoms with Crippen LogP contribution < -0.4 is 0 Å². The Bertz CT molecular complexity index is 566. The first kappa shape index (κ1) is 13.0. The fraction of sp³-hybridized carbons (Fsp3) is 0. The van der Waals surface area contributed by atoms with Crippen LogP contribution in [0.25, 0.3) is 0 Å². The van der Waals surface area contributed by atoms with Crippen molar-refractivity contribution in [2.75, 3.05) is 0 Å². The third-order valence-electron chi connectivity index (χ3n) is 2.06. The van der Waals surface area contributed by atoms with Gasteiger partial charge in [0.15, 0.2) is 0 Å². The number of aromatic nitrogens is 1. The molecule has 0 N–H and O–H groups in total. The van der Waals surface area contributed by atoms with Crippen LogP contribution in [-0.2, 0) is 0 Å². The van der Waals surface area contributed by atoms with Gasteiger partial charge in [0, 0.05) is 11.8 Å². The Balaban J connectivity index is 2.34. The Labute approximate surface area is 111 Å². The summed E-state index contributed by atoms with van der Waals surface area (Å²) < 4.78 is 27.2. The monoisotopic (exact) mass is 285 g/mol. The lowest BCUT2D eigenvalue weighted by molar-refractivity contribution is 0.112. The summed E-state index contributed by atoms with van der Waals surface area (Å²) in [5, 5.41) is 0.854. The maximum absolute atomic E-state index is 13.6. The van der Waals surface area contributed by atoms with E-state index in [4.69, 9.17) is 11.6 Å². The van der Waals surface area contributed by atoms with Crippen LogP contribution in [0.4, 0.5) is 8.78 Å². The van der Waals surface area contributed by atoms with Crippen molar-refractivity contribution in [3.8, 4) is 0 Å². The van der Waals surface area contributed by atoms with Crippen molar-refractivity contribution in [2.45, 2.75) is 9.92 Å². The molecule has 92 valence electrons. The number of hydrogen-bond acceptors (Lipinski definition) is 3. The molecular weight excluding hydrogens is 280 g/mol. The van der Waals surface area contributed by atoms with Crippen molar-refractivity contribution in [3.63, 3.8) is 0 Å². The number of hydrogen-bond donors (Lipinski definition) is 0. The zero-order valence-corrected chi connectivity index (χ0v) is 10.4. The fourth-order valence-corrected chi connectivity index (χ4v) is 2.15. The maximum atomic E-state index is 13.6. The predicted octanol–water partition coefficient (Wildman–Crippen LogP) is 3.98. The van der Waals surface area contributed by atoms with Gasteiger partial charge in [0.2, 0.25) is 0 Å². The molecule has 0 aliphatic heterocycles. The third-order valence-corrected chi connectivity index (χ3v) is 3.33. The SMILES string of the molecule is O=Cc1cc(F)c(Sc2ccc(Cl)cn2)c(F)c1. The molecule has 0 amide bonds. The van der Waals surface area contributed by atoms with Gasteiger partial charge in [0.05, 0.1) is 9.92 Å². The van der Waals surface area contributed by atoms with E-state index in [1.54, 1.807) is 12.1 Å². The van der Waals surface area contributed by atoms with Gasteiger partial charge < -0.3 is 0 Å². The number of benzene rings is 1. The molecule has 1 heterocycles. The molecule has 2 nitrogen and oxygen atoms in total. The summed E-state index contributed by atoms with van der Waals surface area (Å²) >= 11 is 6.49. The Morgan fingerprint density at radius 1 is 1.22 bits per heavy atom. The quantitative estimate of drug-likeness (QED) is 0.799. The summed E-state index contributed by atoms with van der Waals surface area (Å²) in [5.74, 6) is -1.59. The van der Waals surface area contributed by atoms with Crippen molar-refractivity contribution < 1.29 is 13.6 Å². The number of aldehydes is 1. The van der Waals surface area contributed by atoms with E-state index in [1.165, 1.54) is 6.20 Å².